The third kappa shape index (κ3) is 1.41. The first-order valence-electron chi connectivity index (χ1n) is 3.66. The molecule has 0 bridgehead atoms. The van der Waals surface area contributed by atoms with E-state index in [-0.39, 0.29) is 5.75 Å². The largest absolute Gasteiger partial charge is 0.459 e. The minimum atomic E-state index is -4.38. The zero-order valence-corrected chi connectivity index (χ0v) is 6.43. The van der Waals surface area contributed by atoms with E-state index in [1.54, 1.807) is 18.2 Å². The maximum atomic E-state index is 12.1. The van der Waals surface area contributed by atoms with E-state index >= 15 is 0 Å². The summed E-state index contributed by atoms with van der Waals surface area (Å²) in [4.78, 5) is 0. The van der Waals surface area contributed by atoms with Crippen LogP contribution in [0, 0.1) is 0 Å². The molecule has 1 aliphatic heterocycles. The van der Waals surface area contributed by atoms with Crippen molar-refractivity contribution in [2.75, 3.05) is 5.32 Å². The van der Waals surface area contributed by atoms with E-state index in [1.807, 2.05) is 0 Å². The molecule has 0 aliphatic carbocycles. The highest BCUT2D eigenvalue weighted by molar-refractivity contribution is 5.59. The fraction of sp³-hybridized carbons (Fsp3) is 0.250. The first-order chi connectivity index (χ1) is 6.07. The lowest BCUT2D eigenvalue weighted by Gasteiger charge is -2.14. The number of benzene rings is 1. The molecule has 1 aliphatic rings. The van der Waals surface area contributed by atoms with Crippen molar-refractivity contribution in [3.63, 3.8) is 0 Å². The van der Waals surface area contributed by atoms with Crippen molar-refractivity contribution in [2.24, 2.45) is 0 Å². The molecule has 0 saturated carbocycles. The minimum absolute atomic E-state index is 0.241. The lowest BCUT2D eigenvalue weighted by molar-refractivity contribution is -0.182. The van der Waals surface area contributed by atoms with Crippen molar-refractivity contribution < 1.29 is 17.9 Å². The molecule has 0 fully saturated rings. The van der Waals surface area contributed by atoms with Crippen LogP contribution in [-0.4, -0.2) is 12.4 Å². The van der Waals surface area contributed by atoms with Gasteiger partial charge in [0.1, 0.15) is 5.75 Å². The normalized spacial score (nSPS) is 20.4. The SMILES string of the molecule is FC(F)(F)C1Nc2ccccc2O1. The third-order valence-corrected chi connectivity index (χ3v) is 1.72. The van der Waals surface area contributed by atoms with Gasteiger partial charge in [0.2, 0.25) is 0 Å². The number of ether oxygens (including phenoxy) is 1. The maximum absolute atomic E-state index is 12.1. The molecule has 0 radical (unpaired) electrons. The molecule has 0 aromatic heterocycles. The predicted octanol–water partition coefficient (Wildman–Crippen LogP) is 2.38. The van der Waals surface area contributed by atoms with Crippen LogP contribution in [-0.2, 0) is 0 Å². The lowest BCUT2D eigenvalue weighted by Crippen LogP contribution is -2.37. The number of anilines is 1. The number of hydrogen-bond donors (Lipinski definition) is 1. The van der Waals surface area contributed by atoms with Crippen LogP contribution < -0.4 is 10.1 Å². The van der Waals surface area contributed by atoms with Crippen molar-refractivity contribution in [1.29, 1.82) is 0 Å². The molecule has 1 unspecified atom stereocenters. The molecule has 1 heterocycles. The Morgan fingerprint density at radius 3 is 2.54 bits per heavy atom. The second kappa shape index (κ2) is 2.55. The van der Waals surface area contributed by atoms with E-state index in [0.29, 0.717) is 5.69 Å². The standard InChI is InChI=1S/C8H6F3NO/c9-8(10,11)7-12-5-3-1-2-4-6(5)13-7/h1-4,7,12H. The maximum Gasteiger partial charge on any atom is 0.445 e. The molecule has 1 N–H and O–H groups in total. The molecule has 1 aromatic rings. The summed E-state index contributed by atoms with van der Waals surface area (Å²) in [5.74, 6) is 0.241. The van der Waals surface area contributed by atoms with Crippen LogP contribution in [0.15, 0.2) is 24.3 Å². The Morgan fingerprint density at radius 1 is 1.23 bits per heavy atom. The van der Waals surface area contributed by atoms with Gasteiger partial charge in [0, 0.05) is 0 Å². The first kappa shape index (κ1) is 8.22. The van der Waals surface area contributed by atoms with Gasteiger partial charge in [-0.05, 0) is 12.1 Å². The second-order valence-electron chi connectivity index (χ2n) is 2.68. The fourth-order valence-electron chi connectivity index (χ4n) is 1.13. The van der Waals surface area contributed by atoms with Crippen LogP contribution in [0.25, 0.3) is 0 Å². The van der Waals surface area contributed by atoms with E-state index in [9.17, 15) is 13.2 Å². The number of fused-ring (bicyclic) bond motifs is 1. The molecule has 1 atom stereocenters. The van der Waals surface area contributed by atoms with Gasteiger partial charge in [-0.15, -0.1) is 0 Å². The number of hydrogen-bond acceptors (Lipinski definition) is 2. The average molecular weight is 189 g/mol. The molecule has 5 heteroatoms. The predicted molar refractivity (Wildman–Crippen MR) is 40.5 cm³/mol. The van der Waals surface area contributed by atoms with Crippen LogP contribution in [0.2, 0.25) is 0 Å². The van der Waals surface area contributed by atoms with Gasteiger partial charge >= 0.3 is 6.18 Å². The summed E-state index contributed by atoms with van der Waals surface area (Å²) >= 11 is 0. The van der Waals surface area contributed by atoms with E-state index in [4.69, 9.17) is 0 Å². The summed E-state index contributed by atoms with van der Waals surface area (Å²) in [5.41, 5.74) is 0.379. The Hall–Kier alpha value is -1.39. The highest BCUT2D eigenvalue weighted by Crippen LogP contribution is 2.36. The third-order valence-electron chi connectivity index (χ3n) is 1.72. The Kier molecular flexibility index (Phi) is 1.61. The van der Waals surface area contributed by atoms with Crippen molar-refractivity contribution in [3.8, 4) is 5.75 Å². The Morgan fingerprint density at radius 2 is 1.92 bits per heavy atom. The average Bonchev–Trinajstić information content (AvgIpc) is 2.45. The van der Waals surface area contributed by atoms with E-state index in [1.165, 1.54) is 6.07 Å². The van der Waals surface area contributed by atoms with Crippen LogP contribution in [0.3, 0.4) is 0 Å². The van der Waals surface area contributed by atoms with Crippen molar-refractivity contribution in [3.05, 3.63) is 24.3 Å². The number of rotatable bonds is 0. The van der Waals surface area contributed by atoms with Gasteiger partial charge in [0.15, 0.2) is 0 Å². The monoisotopic (exact) mass is 189 g/mol. The summed E-state index contributed by atoms with van der Waals surface area (Å²) in [6, 6.07) is 6.31. The van der Waals surface area contributed by atoms with Crippen LogP contribution in [0.4, 0.5) is 18.9 Å². The summed E-state index contributed by atoms with van der Waals surface area (Å²) in [6.45, 7) is 0. The number of nitrogens with one attached hydrogen (secondary N) is 1. The Labute approximate surface area is 72.3 Å². The zero-order valence-electron chi connectivity index (χ0n) is 6.43. The molecule has 1 aromatic carbocycles. The number of para-hydroxylation sites is 2. The van der Waals surface area contributed by atoms with Crippen molar-refractivity contribution in [1.82, 2.24) is 0 Å². The van der Waals surface area contributed by atoms with Gasteiger partial charge in [0.25, 0.3) is 6.23 Å². The molecular formula is C8H6F3NO. The van der Waals surface area contributed by atoms with Crippen molar-refractivity contribution >= 4 is 5.69 Å². The number of halogens is 3. The fourth-order valence-corrected chi connectivity index (χ4v) is 1.13. The summed E-state index contributed by atoms with van der Waals surface area (Å²) in [5, 5.41) is 2.23. The first-order valence-corrected chi connectivity index (χ1v) is 3.66. The van der Waals surface area contributed by atoms with Crippen LogP contribution >= 0.6 is 0 Å². The van der Waals surface area contributed by atoms with Crippen LogP contribution in [0.1, 0.15) is 0 Å². The van der Waals surface area contributed by atoms with Gasteiger partial charge in [-0.25, -0.2) is 0 Å². The lowest BCUT2D eigenvalue weighted by atomic mass is 10.3. The second-order valence-corrected chi connectivity index (χ2v) is 2.68. The molecular weight excluding hydrogens is 183 g/mol. The highest BCUT2D eigenvalue weighted by atomic mass is 19.4. The molecule has 13 heavy (non-hydrogen) atoms. The minimum Gasteiger partial charge on any atom is -0.459 e. The quantitative estimate of drug-likeness (QED) is 0.676. The van der Waals surface area contributed by atoms with Gasteiger partial charge in [-0.2, -0.15) is 13.2 Å². The zero-order chi connectivity index (χ0) is 9.47. The summed E-state index contributed by atoms with van der Waals surface area (Å²) in [7, 11) is 0. The highest BCUT2D eigenvalue weighted by Gasteiger charge is 2.45. The van der Waals surface area contributed by atoms with Crippen LogP contribution in [0.5, 0.6) is 5.75 Å². The van der Waals surface area contributed by atoms with E-state index < -0.39 is 12.4 Å². The van der Waals surface area contributed by atoms with Gasteiger partial charge in [0.05, 0.1) is 5.69 Å². The summed E-state index contributed by atoms with van der Waals surface area (Å²) < 4.78 is 41.0. The van der Waals surface area contributed by atoms with E-state index in [2.05, 4.69) is 10.1 Å². The topological polar surface area (TPSA) is 21.3 Å². The van der Waals surface area contributed by atoms with Gasteiger partial charge < -0.3 is 10.1 Å². The molecule has 2 rings (SSSR count). The summed E-state index contributed by atoms with van der Waals surface area (Å²) in [6.07, 6.45) is -6.29. The molecule has 0 saturated heterocycles. The molecule has 70 valence electrons. The smallest absolute Gasteiger partial charge is 0.445 e. The number of alkyl halides is 3. The molecule has 2 nitrogen and oxygen atoms in total. The van der Waals surface area contributed by atoms with Gasteiger partial charge in [-0.1, -0.05) is 12.1 Å². The molecule has 0 spiro atoms. The van der Waals surface area contributed by atoms with Gasteiger partial charge in [-0.3, -0.25) is 0 Å². The Balaban J connectivity index is 2.23. The van der Waals surface area contributed by atoms with E-state index in [0.717, 1.165) is 0 Å². The van der Waals surface area contributed by atoms with Crippen molar-refractivity contribution in [2.45, 2.75) is 12.4 Å². The molecule has 0 amide bonds. The Bertz CT molecular complexity index is 298.